The van der Waals surface area contributed by atoms with Crippen molar-refractivity contribution in [2.24, 2.45) is 0 Å². The Kier molecular flexibility index (Phi) is 5.27. The van der Waals surface area contributed by atoms with Crippen molar-refractivity contribution in [3.8, 4) is 0 Å². The molecule has 0 atom stereocenters. The zero-order valence-corrected chi connectivity index (χ0v) is 16.6. The molecule has 4 rings (SSSR count). The van der Waals surface area contributed by atoms with Gasteiger partial charge in [-0.25, -0.2) is 0 Å². The highest BCUT2D eigenvalue weighted by Gasteiger charge is 2.14. The normalized spacial score (nSPS) is 11.0. The molecule has 0 aliphatic heterocycles. The van der Waals surface area contributed by atoms with Gasteiger partial charge in [0.25, 0.3) is 5.91 Å². The third kappa shape index (κ3) is 3.71. The quantitative estimate of drug-likeness (QED) is 0.475. The zero-order chi connectivity index (χ0) is 19.5. The smallest absolute Gasteiger partial charge is 0.251 e. The van der Waals surface area contributed by atoms with Crippen LogP contribution in [0, 0.1) is 0 Å². The molecular formula is C19H17N5O2S2. The molecule has 9 heteroatoms. The van der Waals surface area contributed by atoms with Crippen LogP contribution >= 0.6 is 23.1 Å². The van der Waals surface area contributed by atoms with E-state index in [-0.39, 0.29) is 17.6 Å². The molecule has 28 heavy (non-hydrogen) atoms. The topological polar surface area (TPSA) is 88.4 Å². The monoisotopic (exact) mass is 411 g/mol. The Bertz CT molecular complexity index is 1170. The second-order valence-corrected chi connectivity index (χ2v) is 7.90. The van der Waals surface area contributed by atoms with Gasteiger partial charge in [0, 0.05) is 17.8 Å². The maximum absolute atomic E-state index is 12.4. The molecule has 0 bridgehead atoms. The van der Waals surface area contributed by atoms with E-state index in [0.717, 1.165) is 15.2 Å². The molecule has 0 unspecified atom stereocenters. The van der Waals surface area contributed by atoms with Crippen LogP contribution in [0.2, 0.25) is 0 Å². The molecule has 4 aromatic rings. The number of carbonyl (C=O) groups excluding carboxylic acids is 2. The first-order valence-corrected chi connectivity index (χ1v) is 10.5. The van der Waals surface area contributed by atoms with Gasteiger partial charge in [-0.15, -0.1) is 10.2 Å². The lowest BCUT2D eigenvalue weighted by Gasteiger charge is -2.07. The summed E-state index contributed by atoms with van der Waals surface area (Å²) in [5.74, 6) is -0.145. The number of thiazole rings is 1. The van der Waals surface area contributed by atoms with Crippen LogP contribution in [-0.2, 0) is 4.79 Å². The van der Waals surface area contributed by atoms with Gasteiger partial charge >= 0.3 is 0 Å². The van der Waals surface area contributed by atoms with Crippen LogP contribution in [0.1, 0.15) is 17.3 Å². The van der Waals surface area contributed by atoms with E-state index >= 15 is 0 Å². The summed E-state index contributed by atoms with van der Waals surface area (Å²) in [4.78, 5) is 25.1. The Morgan fingerprint density at radius 1 is 1.14 bits per heavy atom. The fraction of sp³-hybridized carbons (Fsp3) is 0.158. The first kappa shape index (κ1) is 18.5. The molecule has 7 nitrogen and oxygen atoms in total. The van der Waals surface area contributed by atoms with Gasteiger partial charge in [0.1, 0.15) is 0 Å². The zero-order valence-electron chi connectivity index (χ0n) is 15.0. The van der Waals surface area contributed by atoms with Gasteiger partial charge in [0.2, 0.25) is 10.9 Å². The number of nitrogens with zero attached hydrogens (tertiary/aromatic N) is 3. The fourth-order valence-electron chi connectivity index (χ4n) is 2.78. The Morgan fingerprint density at radius 3 is 2.86 bits per heavy atom. The number of benzene rings is 2. The summed E-state index contributed by atoms with van der Waals surface area (Å²) in [6, 6.07) is 14.9. The van der Waals surface area contributed by atoms with Gasteiger partial charge < -0.3 is 10.6 Å². The number of amides is 2. The summed E-state index contributed by atoms with van der Waals surface area (Å²) in [6.07, 6.45) is 0. The van der Waals surface area contributed by atoms with Crippen LogP contribution in [0.3, 0.4) is 0 Å². The summed E-state index contributed by atoms with van der Waals surface area (Å²) in [7, 11) is 0. The lowest BCUT2D eigenvalue weighted by molar-refractivity contribution is -0.113. The first-order chi connectivity index (χ1) is 13.7. The Labute approximate surface area is 169 Å². The highest BCUT2D eigenvalue weighted by molar-refractivity contribution is 7.99. The molecule has 0 aliphatic carbocycles. The molecule has 0 aliphatic rings. The van der Waals surface area contributed by atoms with Crippen molar-refractivity contribution in [3.05, 3.63) is 54.1 Å². The first-order valence-electron chi connectivity index (χ1n) is 8.69. The van der Waals surface area contributed by atoms with E-state index in [1.807, 2.05) is 35.6 Å². The highest BCUT2D eigenvalue weighted by atomic mass is 32.2. The molecule has 2 N–H and O–H groups in total. The number of hydrogen-bond donors (Lipinski definition) is 2. The lowest BCUT2D eigenvalue weighted by atomic mass is 10.2. The molecule has 0 saturated carbocycles. The van der Waals surface area contributed by atoms with E-state index in [1.54, 1.807) is 35.6 Å². The number of para-hydroxylation sites is 1. The molecule has 142 valence electrons. The maximum Gasteiger partial charge on any atom is 0.251 e. The third-order valence-electron chi connectivity index (χ3n) is 3.99. The average molecular weight is 412 g/mol. The van der Waals surface area contributed by atoms with E-state index in [4.69, 9.17) is 0 Å². The van der Waals surface area contributed by atoms with Crippen molar-refractivity contribution in [2.45, 2.75) is 12.1 Å². The standard InChI is InChI=1S/C19H17N5O2S2/c1-2-20-17(26)12-6-5-7-13(10-12)21-16(25)11-27-18-22-23-19-24(18)14-8-3-4-9-15(14)28-19/h3-10H,2,11H2,1H3,(H,20,26)(H,21,25). The Morgan fingerprint density at radius 2 is 2.00 bits per heavy atom. The Hall–Kier alpha value is -2.91. The maximum atomic E-state index is 12.4. The van der Waals surface area contributed by atoms with Gasteiger partial charge in [-0.3, -0.25) is 14.0 Å². The molecule has 0 spiro atoms. The number of rotatable bonds is 6. The fourth-order valence-corrected chi connectivity index (χ4v) is 4.54. The molecule has 0 radical (unpaired) electrons. The predicted molar refractivity (Wildman–Crippen MR) is 112 cm³/mol. The van der Waals surface area contributed by atoms with Gasteiger partial charge in [-0.1, -0.05) is 41.3 Å². The summed E-state index contributed by atoms with van der Waals surface area (Å²) in [5, 5.41) is 14.6. The minimum atomic E-state index is -0.172. The van der Waals surface area contributed by atoms with E-state index in [0.29, 0.717) is 23.0 Å². The highest BCUT2D eigenvalue weighted by Crippen LogP contribution is 2.29. The summed E-state index contributed by atoms with van der Waals surface area (Å²) in [5.41, 5.74) is 2.13. The van der Waals surface area contributed by atoms with Crippen molar-refractivity contribution in [1.82, 2.24) is 19.9 Å². The number of carbonyl (C=O) groups is 2. The second kappa shape index (κ2) is 7.99. The second-order valence-electron chi connectivity index (χ2n) is 5.95. The van der Waals surface area contributed by atoms with Crippen molar-refractivity contribution in [1.29, 1.82) is 0 Å². The van der Waals surface area contributed by atoms with Crippen LogP contribution in [0.25, 0.3) is 15.2 Å². The van der Waals surface area contributed by atoms with Crippen molar-refractivity contribution in [2.75, 3.05) is 17.6 Å². The van der Waals surface area contributed by atoms with E-state index in [2.05, 4.69) is 20.8 Å². The van der Waals surface area contributed by atoms with Gasteiger partial charge in [0.15, 0.2) is 5.16 Å². The number of nitrogens with one attached hydrogen (secondary N) is 2. The summed E-state index contributed by atoms with van der Waals surface area (Å²) >= 11 is 2.89. The van der Waals surface area contributed by atoms with Gasteiger partial charge in [-0.05, 0) is 37.3 Å². The molecular weight excluding hydrogens is 394 g/mol. The van der Waals surface area contributed by atoms with E-state index in [1.165, 1.54) is 11.8 Å². The van der Waals surface area contributed by atoms with Gasteiger partial charge in [0.05, 0.1) is 16.0 Å². The van der Waals surface area contributed by atoms with E-state index < -0.39 is 0 Å². The van der Waals surface area contributed by atoms with Crippen molar-refractivity contribution in [3.63, 3.8) is 0 Å². The lowest BCUT2D eigenvalue weighted by Crippen LogP contribution is -2.23. The van der Waals surface area contributed by atoms with Crippen LogP contribution in [-0.4, -0.2) is 38.7 Å². The van der Waals surface area contributed by atoms with Crippen LogP contribution in [0.4, 0.5) is 5.69 Å². The predicted octanol–water partition coefficient (Wildman–Crippen LogP) is 3.42. The largest absolute Gasteiger partial charge is 0.352 e. The molecule has 0 fully saturated rings. The number of anilines is 1. The van der Waals surface area contributed by atoms with Crippen LogP contribution in [0.15, 0.2) is 53.7 Å². The van der Waals surface area contributed by atoms with Crippen molar-refractivity contribution < 1.29 is 9.59 Å². The molecule has 0 saturated heterocycles. The molecule has 2 heterocycles. The molecule has 2 aromatic heterocycles. The van der Waals surface area contributed by atoms with Crippen LogP contribution < -0.4 is 10.6 Å². The van der Waals surface area contributed by atoms with Gasteiger partial charge in [-0.2, -0.15) is 0 Å². The molecule has 2 amide bonds. The number of aromatic nitrogens is 3. The minimum Gasteiger partial charge on any atom is -0.352 e. The number of fused-ring (bicyclic) bond motifs is 3. The SMILES string of the molecule is CCNC(=O)c1cccc(NC(=O)CSc2nnc3sc4ccccc4n23)c1. The van der Waals surface area contributed by atoms with E-state index in [9.17, 15) is 9.59 Å². The summed E-state index contributed by atoms with van der Waals surface area (Å²) in [6.45, 7) is 2.41. The Balaban J connectivity index is 1.45. The minimum absolute atomic E-state index is 0.164. The van der Waals surface area contributed by atoms with Crippen molar-refractivity contribution >= 4 is 55.8 Å². The molecule has 2 aromatic carbocycles. The number of hydrogen-bond acceptors (Lipinski definition) is 6. The summed E-state index contributed by atoms with van der Waals surface area (Å²) < 4.78 is 3.09. The third-order valence-corrected chi connectivity index (χ3v) is 5.93. The number of thioether (sulfide) groups is 1. The average Bonchev–Trinajstić information content (AvgIpc) is 3.26. The van der Waals surface area contributed by atoms with Crippen LogP contribution in [0.5, 0.6) is 0 Å².